The fourth-order valence-electron chi connectivity index (χ4n) is 1.79. The van der Waals surface area contributed by atoms with E-state index in [0.29, 0.717) is 18.5 Å². The third-order valence-electron chi connectivity index (χ3n) is 2.59. The molecule has 0 bridgehead atoms. The van der Waals surface area contributed by atoms with Crippen LogP contribution in [0.3, 0.4) is 0 Å². The van der Waals surface area contributed by atoms with Crippen molar-refractivity contribution >= 4 is 15.9 Å². The standard InChI is InChI=1S/C10H12BrNO2/c11-7-1-2-9(13)8(5-7)10(14)3-4-12-6-10/h1-2,5,12-14H,3-4,6H2. The third-order valence-corrected chi connectivity index (χ3v) is 3.09. The molecule has 1 saturated heterocycles. The summed E-state index contributed by atoms with van der Waals surface area (Å²) in [6.45, 7) is 1.28. The van der Waals surface area contributed by atoms with Crippen LogP contribution in [-0.4, -0.2) is 23.3 Å². The van der Waals surface area contributed by atoms with Gasteiger partial charge in [0.2, 0.25) is 0 Å². The van der Waals surface area contributed by atoms with E-state index in [1.165, 1.54) is 0 Å². The molecule has 1 aromatic carbocycles. The maximum absolute atomic E-state index is 10.2. The van der Waals surface area contributed by atoms with Crippen LogP contribution in [0.1, 0.15) is 12.0 Å². The summed E-state index contributed by atoms with van der Waals surface area (Å²) in [7, 11) is 0. The summed E-state index contributed by atoms with van der Waals surface area (Å²) in [5.41, 5.74) is -0.328. The molecule has 0 aliphatic carbocycles. The van der Waals surface area contributed by atoms with Gasteiger partial charge in [0, 0.05) is 16.6 Å². The Morgan fingerprint density at radius 1 is 1.43 bits per heavy atom. The van der Waals surface area contributed by atoms with Gasteiger partial charge in [-0.15, -0.1) is 0 Å². The van der Waals surface area contributed by atoms with Gasteiger partial charge in [-0.3, -0.25) is 0 Å². The van der Waals surface area contributed by atoms with E-state index in [9.17, 15) is 10.2 Å². The van der Waals surface area contributed by atoms with Crippen molar-refractivity contribution in [2.45, 2.75) is 12.0 Å². The lowest BCUT2D eigenvalue weighted by Crippen LogP contribution is -2.28. The highest BCUT2D eigenvalue weighted by atomic mass is 79.9. The van der Waals surface area contributed by atoms with E-state index in [0.717, 1.165) is 11.0 Å². The Balaban J connectivity index is 2.44. The van der Waals surface area contributed by atoms with Crippen molar-refractivity contribution in [3.63, 3.8) is 0 Å². The number of hydrogen-bond donors (Lipinski definition) is 3. The Morgan fingerprint density at radius 3 is 2.86 bits per heavy atom. The van der Waals surface area contributed by atoms with Gasteiger partial charge in [0.25, 0.3) is 0 Å². The summed E-state index contributed by atoms with van der Waals surface area (Å²) >= 11 is 3.32. The van der Waals surface area contributed by atoms with Gasteiger partial charge in [0.15, 0.2) is 0 Å². The molecule has 3 nitrogen and oxygen atoms in total. The first-order valence-electron chi connectivity index (χ1n) is 4.54. The molecule has 2 rings (SSSR count). The molecule has 14 heavy (non-hydrogen) atoms. The quantitative estimate of drug-likeness (QED) is 0.712. The van der Waals surface area contributed by atoms with Crippen LogP contribution in [0.4, 0.5) is 0 Å². The van der Waals surface area contributed by atoms with Gasteiger partial charge in [-0.1, -0.05) is 15.9 Å². The smallest absolute Gasteiger partial charge is 0.121 e. The van der Waals surface area contributed by atoms with E-state index in [1.54, 1.807) is 18.2 Å². The van der Waals surface area contributed by atoms with Crippen LogP contribution in [0.5, 0.6) is 5.75 Å². The normalized spacial score (nSPS) is 26.7. The number of hydrogen-bond acceptors (Lipinski definition) is 3. The van der Waals surface area contributed by atoms with E-state index in [2.05, 4.69) is 21.2 Å². The van der Waals surface area contributed by atoms with Gasteiger partial charge in [-0.25, -0.2) is 0 Å². The molecule has 76 valence electrons. The zero-order chi connectivity index (χ0) is 10.2. The van der Waals surface area contributed by atoms with Crippen LogP contribution in [0.2, 0.25) is 0 Å². The number of nitrogens with one attached hydrogen (secondary N) is 1. The summed E-state index contributed by atoms with van der Waals surface area (Å²) in [5.74, 6) is 0.152. The number of halogens is 1. The van der Waals surface area contributed by atoms with E-state index in [4.69, 9.17) is 0 Å². The minimum atomic E-state index is -0.923. The zero-order valence-corrected chi connectivity index (χ0v) is 9.21. The number of aromatic hydroxyl groups is 1. The molecule has 4 heteroatoms. The topological polar surface area (TPSA) is 52.5 Å². The predicted molar refractivity (Wildman–Crippen MR) is 57.2 cm³/mol. The zero-order valence-electron chi connectivity index (χ0n) is 7.63. The number of benzene rings is 1. The van der Waals surface area contributed by atoms with Crippen molar-refractivity contribution in [2.24, 2.45) is 0 Å². The summed E-state index contributed by atoms with van der Waals surface area (Å²) in [6.07, 6.45) is 0.636. The molecule has 0 spiro atoms. The first kappa shape index (κ1) is 9.96. The van der Waals surface area contributed by atoms with Gasteiger partial charge >= 0.3 is 0 Å². The Hall–Kier alpha value is -0.580. The Labute approximate surface area is 90.9 Å². The van der Waals surface area contributed by atoms with Gasteiger partial charge in [-0.05, 0) is 31.2 Å². The molecule has 0 radical (unpaired) electrons. The van der Waals surface area contributed by atoms with E-state index < -0.39 is 5.60 Å². The van der Waals surface area contributed by atoms with Crippen molar-refractivity contribution in [1.82, 2.24) is 5.32 Å². The SMILES string of the molecule is Oc1ccc(Br)cc1C1(O)CCNC1. The second kappa shape index (κ2) is 3.53. The third kappa shape index (κ3) is 1.65. The number of rotatable bonds is 1. The first-order chi connectivity index (χ1) is 6.62. The molecule has 1 aliphatic heterocycles. The molecule has 0 amide bonds. The molecule has 1 aromatic rings. The van der Waals surface area contributed by atoms with Gasteiger partial charge in [0.05, 0.1) is 0 Å². The fourth-order valence-corrected chi connectivity index (χ4v) is 2.15. The van der Waals surface area contributed by atoms with Crippen molar-refractivity contribution < 1.29 is 10.2 Å². The van der Waals surface area contributed by atoms with Crippen molar-refractivity contribution in [2.75, 3.05) is 13.1 Å². The number of phenolic OH excluding ortho intramolecular Hbond substituents is 1. The highest BCUT2D eigenvalue weighted by molar-refractivity contribution is 9.10. The average molecular weight is 258 g/mol. The van der Waals surface area contributed by atoms with Crippen LogP contribution in [-0.2, 0) is 5.60 Å². The molecule has 1 unspecified atom stereocenters. The van der Waals surface area contributed by atoms with Gasteiger partial charge in [0.1, 0.15) is 11.4 Å². The molecule has 1 atom stereocenters. The van der Waals surface area contributed by atoms with Crippen molar-refractivity contribution in [3.8, 4) is 5.75 Å². The molecule has 0 aromatic heterocycles. The van der Waals surface area contributed by atoms with Crippen LogP contribution in [0.25, 0.3) is 0 Å². The largest absolute Gasteiger partial charge is 0.508 e. The lowest BCUT2D eigenvalue weighted by Gasteiger charge is -2.22. The van der Waals surface area contributed by atoms with E-state index in [1.807, 2.05) is 0 Å². The lowest BCUT2D eigenvalue weighted by molar-refractivity contribution is 0.0561. The van der Waals surface area contributed by atoms with Crippen LogP contribution in [0.15, 0.2) is 22.7 Å². The maximum atomic E-state index is 10.2. The monoisotopic (exact) mass is 257 g/mol. The number of aliphatic hydroxyl groups is 1. The first-order valence-corrected chi connectivity index (χ1v) is 5.33. The molecular formula is C10H12BrNO2. The Kier molecular flexibility index (Phi) is 2.51. The number of β-amino-alcohol motifs (C(OH)–C–C–N with tert-alkyl or cyclic N) is 1. The average Bonchev–Trinajstić information content (AvgIpc) is 2.58. The van der Waals surface area contributed by atoms with Crippen molar-refractivity contribution in [3.05, 3.63) is 28.2 Å². The summed E-state index contributed by atoms with van der Waals surface area (Å²) in [6, 6.07) is 5.11. The molecule has 1 fully saturated rings. The molecule has 0 saturated carbocycles. The minimum Gasteiger partial charge on any atom is -0.508 e. The molecular weight excluding hydrogens is 246 g/mol. The van der Waals surface area contributed by atoms with E-state index >= 15 is 0 Å². The lowest BCUT2D eigenvalue weighted by atomic mass is 9.92. The minimum absolute atomic E-state index is 0.152. The van der Waals surface area contributed by atoms with Crippen LogP contribution >= 0.6 is 15.9 Å². The number of phenols is 1. The second-order valence-electron chi connectivity index (χ2n) is 3.62. The molecule has 1 aliphatic rings. The van der Waals surface area contributed by atoms with Crippen LogP contribution in [0, 0.1) is 0 Å². The maximum Gasteiger partial charge on any atom is 0.121 e. The molecule has 3 N–H and O–H groups in total. The second-order valence-corrected chi connectivity index (χ2v) is 4.54. The highest BCUT2D eigenvalue weighted by Gasteiger charge is 2.35. The van der Waals surface area contributed by atoms with E-state index in [-0.39, 0.29) is 5.75 Å². The van der Waals surface area contributed by atoms with Gasteiger partial charge < -0.3 is 15.5 Å². The van der Waals surface area contributed by atoms with Crippen molar-refractivity contribution in [1.29, 1.82) is 0 Å². The summed E-state index contributed by atoms with van der Waals surface area (Å²) in [4.78, 5) is 0. The molecule has 1 heterocycles. The predicted octanol–water partition coefficient (Wildman–Crippen LogP) is 1.34. The van der Waals surface area contributed by atoms with Gasteiger partial charge in [-0.2, -0.15) is 0 Å². The highest BCUT2D eigenvalue weighted by Crippen LogP contribution is 2.35. The summed E-state index contributed by atoms with van der Waals surface area (Å²) < 4.78 is 0.866. The summed E-state index contributed by atoms with van der Waals surface area (Å²) in [5, 5.41) is 23.0. The fraction of sp³-hybridized carbons (Fsp3) is 0.400. The Morgan fingerprint density at radius 2 is 2.21 bits per heavy atom. The van der Waals surface area contributed by atoms with Crippen LogP contribution < -0.4 is 5.32 Å². The Bertz CT molecular complexity index is 348.